The van der Waals surface area contributed by atoms with Crippen molar-refractivity contribution in [2.75, 3.05) is 20.2 Å². The first-order chi connectivity index (χ1) is 7.77. The molecule has 1 unspecified atom stereocenters. The molecule has 0 fully saturated rings. The van der Waals surface area contributed by atoms with Crippen molar-refractivity contribution in [2.24, 2.45) is 0 Å². The van der Waals surface area contributed by atoms with Crippen molar-refractivity contribution in [3.8, 4) is 5.75 Å². The van der Waals surface area contributed by atoms with Crippen molar-refractivity contribution in [3.05, 3.63) is 29.8 Å². The minimum atomic E-state index is 0.607. The number of nitrogens with one attached hydrogen (secondary N) is 1. The molecule has 1 N–H and O–H groups in total. The van der Waals surface area contributed by atoms with Gasteiger partial charge in [0.05, 0.1) is 7.11 Å². The lowest BCUT2D eigenvalue weighted by atomic mass is 9.98. The van der Waals surface area contributed by atoms with Crippen LogP contribution in [0, 0.1) is 0 Å². The maximum atomic E-state index is 5.15. The van der Waals surface area contributed by atoms with Gasteiger partial charge in [0.25, 0.3) is 0 Å². The second-order valence-electron chi connectivity index (χ2n) is 4.21. The lowest BCUT2D eigenvalue weighted by Crippen LogP contribution is -2.17. The minimum Gasteiger partial charge on any atom is -0.497 e. The van der Waals surface area contributed by atoms with Gasteiger partial charge in [0, 0.05) is 0 Å². The van der Waals surface area contributed by atoms with Crippen molar-refractivity contribution >= 4 is 0 Å². The molecule has 16 heavy (non-hydrogen) atoms. The summed E-state index contributed by atoms with van der Waals surface area (Å²) in [4.78, 5) is 0. The van der Waals surface area contributed by atoms with Gasteiger partial charge in [-0.1, -0.05) is 26.0 Å². The summed E-state index contributed by atoms with van der Waals surface area (Å²) in [5.41, 5.74) is 1.39. The van der Waals surface area contributed by atoms with Crippen LogP contribution in [0.15, 0.2) is 24.3 Å². The third-order valence-electron chi connectivity index (χ3n) is 2.87. The smallest absolute Gasteiger partial charge is 0.118 e. The van der Waals surface area contributed by atoms with E-state index in [1.807, 2.05) is 12.1 Å². The van der Waals surface area contributed by atoms with E-state index >= 15 is 0 Å². The van der Waals surface area contributed by atoms with Crippen LogP contribution in [0.2, 0.25) is 0 Å². The number of ether oxygens (including phenoxy) is 1. The summed E-state index contributed by atoms with van der Waals surface area (Å²) in [7, 11) is 1.70. The van der Waals surface area contributed by atoms with Crippen LogP contribution in [-0.2, 0) is 0 Å². The van der Waals surface area contributed by atoms with Crippen LogP contribution >= 0.6 is 0 Å². The highest BCUT2D eigenvalue weighted by Gasteiger charge is 2.04. The van der Waals surface area contributed by atoms with Crippen molar-refractivity contribution in [2.45, 2.75) is 32.6 Å². The third kappa shape index (κ3) is 4.23. The van der Waals surface area contributed by atoms with Crippen LogP contribution in [0.1, 0.15) is 38.2 Å². The SMILES string of the molecule is CCCNCCC(C)c1ccc(OC)cc1. The molecule has 0 radical (unpaired) electrons. The first-order valence-corrected chi connectivity index (χ1v) is 6.12. The summed E-state index contributed by atoms with van der Waals surface area (Å²) < 4.78 is 5.15. The van der Waals surface area contributed by atoms with Crippen LogP contribution in [-0.4, -0.2) is 20.2 Å². The van der Waals surface area contributed by atoms with E-state index in [1.165, 1.54) is 18.4 Å². The molecular formula is C14H23NO. The molecule has 0 bridgehead atoms. The van der Waals surface area contributed by atoms with Gasteiger partial charge in [-0.3, -0.25) is 0 Å². The molecule has 0 aliphatic rings. The van der Waals surface area contributed by atoms with Crippen molar-refractivity contribution in [1.29, 1.82) is 0 Å². The van der Waals surface area contributed by atoms with E-state index in [0.717, 1.165) is 18.8 Å². The van der Waals surface area contributed by atoms with Gasteiger partial charge in [-0.25, -0.2) is 0 Å². The molecule has 2 heteroatoms. The third-order valence-corrected chi connectivity index (χ3v) is 2.87. The molecule has 0 spiro atoms. The maximum Gasteiger partial charge on any atom is 0.118 e. The average Bonchev–Trinajstić information content (AvgIpc) is 2.34. The lowest BCUT2D eigenvalue weighted by Gasteiger charge is -2.12. The van der Waals surface area contributed by atoms with Crippen LogP contribution in [0.5, 0.6) is 5.75 Å². The van der Waals surface area contributed by atoms with E-state index in [1.54, 1.807) is 7.11 Å². The second-order valence-corrected chi connectivity index (χ2v) is 4.21. The molecule has 0 amide bonds. The molecule has 1 atom stereocenters. The minimum absolute atomic E-state index is 0.607. The Kier molecular flexibility index (Phi) is 5.94. The molecule has 1 aromatic carbocycles. The first-order valence-electron chi connectivity index (χ1n) is 6.12. The fourth-order valence-electron chi connectivity index (χ4n) is 1.72. The molecule has 0 aliphatic carbocycles. The van der Waals surface area contributed by atoms with Crippen molar-refractivity contribution in [3.63, 3.8) is 0 Å². The van der Waals surface area contributed by atoms with Crippen LogP contribution in [0.25, 0.3) is 0 Å². The Morgan fingerprint density at radius 2 is 1.88 bits per heavy atom. The molecular weight excluding hydrogens is 198 g/mol. The number of rotatable bonds is 7. The summed E-state index contributed by atoms with van der Waals surface area (Å²) in [5, 5.41) is 3.43. The zero-order valence-corrected chi connectivity index (χ0v) is 10.6. The average molecular weight is 221 g/mol. The fraction of sp³-hybridized carbons (Fsp3) is 0.571. The van der Waals surface area contributed by atoms with Gasteiger partial charge in [0.2, 0.25) is 0 Å². The van der Waals surface area contributed by atoms with Gasteiger partial charge in [0.1, 0.15) is 5.75 Å². The Labute approximate surface area is 99.0 Å². The largest absolute Gasteiger partial charge is 0.497 e. The number of methoxy groups -OCH3 is 1. The molecule has 0 aromatic heterocycles. The zero-order chi connectivity index (χ0) is 11.8. The van der Waals surface area contributed by atoms with Gasteiger partial charge in [0.15, 0.2) is 0 Å². The molecule has 0 aliphatic heterocycles. The van der Waals surface area contributed by atoms with E-state index in [0.29, 0.717) is 5.92 Å². The molecule has 0 saturated carbocycles. The summed E-state index contributed by atoms with van der Waals surface area (Å²) in [6, 6.07) is 8.38. The molecule has 90 valence electrons. The Morgan fingerprint density at radius 3 is 2.44 bits per heavy atom. The van der Waals surface area contributed by atoms with Crippen LogP contribution in [0.4, 0.5) is 0 Å². The number of hydrogen-bond donors (Lipinski definition) is 1. The standard InChI is InChI=1S/C14H23NO/c1-4-10-15-11-9-12(2)13-5-7-14(16-3)8-6-13/h5-8,12,15H,4,9-11H2,1-3H3. The molecule has 1 aromatic rings. The van der Waals surface area contributed by atoms with E-state index in [4.69, 9.17) is 4.74 Å². The number of benzene rings is 1. The van der Waals surface area contributed by atoms with Crippen LogP contribution in [0.3, 0.4) is 0 Å². The molecule has 1 rings (SSSR count). The Hall–Kier alpha value is -1.02. The highest BCUT2D eigenvalue weighted by molar-refractivity contribution is 5.29. The topological polar surface area (TPSA) is 21.3 Å². The lowest BCUT2D eigenvalue weighted by molar-refractivity contribution is 0.414. The second kappa shape index (κ2) is 7.29. The van der Waals surface area contributed by atoms with Gasteiger partial charge >= 0.3 is 0 Å². The highest BCUT2D eigenvalue weighted by atomic mass is 16.5. The summed E-state index contributed by atoms with van der Waals surface area (Å²) >= 11 is 0. The Balaban J connectivity index is 2.37. The van der Waals surface area contributed by atoms with E-state index in [2.05, 4.69) is 31.3 Å². The quantitative estimate of drug-likeness (QED) is 0.714. The maximum absolute atomic E-state index is 5.15. The van der Waals surface area contributed by atoms with Gasteiger partial charge in [-0.15, -0.1) is 0 Å². The Bertz CT molecular complexity index is 281. The predicted molar refractivity (Wildman–Crippen MR) is 69.2 cm³/mol. The van der Waals surface area contributed by atoms with Gasteiger partial charge in [-0.2, -0.15) is 0 Å². The van der Waals surface area contributed by atoms with E-state index in [-0.39, 0.29) is 0 Å². The monoisotopic (exact) mass is 221 g/mol. The van der Waals surface area contributed by atoms with Gasteiger partial charge < -0.3 is 10.1 Å². The van der Waals surface area contributed by atoms with Crippen LogP contribution < -0.4 is 10.1 Å². The van der Waals surface area contributed by atoms with Gasteiger partial charge in [-0.05, 0) is 49.5 Å². The number of hydrogen-bond acceptors (Lipinski definition) is 2. The molecule has 0 saturated heterocycles. The van der Waals surface area contributed by atoms with Crippen molar-refractivity contribution < 1.29 is 4.74 Å². The zero-order valence-electron chi connectivity index (χ0n) is 10.6. The predicted octanol–water partition coefficient (Wildman–Crippen LogP) is 3.19. The normalized spacial score (nSPS) is 12.4. The summed E-state index contributed by atoms with van der Waals surface area (Å²) in [6.45, 7) is 6.69. The highest BCUT2D eigenvalue weighted by Crippen LogP contribution is 2.21. The van der Waals surface area contributed by atoms with E-state index in [9.17, 15) is 0 Å². The molecule has 2 nitrogen and oxygen atoms in total. The fourth-order valence-corrected chi connectivity index (χ4v) is 1.72. The molecule has 0 heterocycles. The summed E-state index contributed by atoms with van der Waals surface area (Å²) in [5.74, 6) is 1.54. The van der Waals surface area contributed by atoms with E-state index < -0.39 is 0 Å². The Morgan fingerprint density at radius 1 is 1.19 bits per heavy atom. The van der Waals surface area contributed by atoms with Crippen molar-refractivity contribution in [1.82, 2.24) is 5.32 Å². The first kappa shape index (κ1) is 13.0. The summed E-state index contributed by atoms with van der Waals surface area (Å²) in [6.07, 6.45) is 2.39.